The van der Waals surface area contributed by atoms with Gasteiger partial charge in [0.2, 0.25) is 0 Å². The molecule has 17 nitrogen and oxygen atoms in total. The molecule has 0 radical (unpaired) electrons. The molecule has 0 saturated heterocycles. The number of rotatable bonds is 14. The van der Waals surface area contributed by atoms with Crippen molar-refractivity contribution < 1.29 is 64.4 Å². The Morgan fingerprint density at radius 3 is 2.06 bits per heavy atom. The van der Waals surface area contributed by atoms with E-state index in [4.69, 9.17) is 19.9 Å². The number of amides is 2. The lowest BCUT2D eigenvalue weighted by atomic mass is 9.88. The Morgan fingerprint density at radius 2 is 1.47 bits per heavy atom. The second kappa shape index (κ2) is 15.0. The second-order valence-electron chi connectivity index (χ2n) is 10.2. The molecule has 1 aliphatic rings. The second-order valence-corrected chi connectivity index (χ2v) is 12.9. The predicted molar refractivity (Wildman–Crippen MR) is 171 cm³/mol. The lowest BCUT2D eigenvalue weighted by Crippen LogP contribution is -2.29. The first-order valence-corrected chi connectivity index (χ1v) is 17.0. The van der Waals surface area contributed by atoms with Crippen LogP contribution in [0, 0.1) is 0 Å². The minimum absolute atomic E-state index is 0.0375. The molecule has 19 heteroatoms. The highest BCUT2D eigenvalue weighted by Crippen LogP contribution is 2.44. The first kappa shape index (κ1) is 36.8. The Kier molecular flexibility index (Phi) is 11.3. The molecule has 0 fully saturated rings. The number of nitrogens with one attached hydrogen (secondary N) is 2. The van der Waals surface area contributed by atoms with Gasteiger partial charge in [-0.3, -0.25) is 13.9 Å². The number of ether oxygens (including phenoxy) is 4. The number of anilines is 1. The number of nitrogen functional groups attached to an aromatic ring is 1. The van der Waals surface area contributed by atoms with E-state index in [1.807, 2.05) is 0 Å². The Hall–Kier alpha value is -5.05. The van der Waals surface area contributed by atoms with Crippen molar-refractivity contribution in [3.05, 3.63) is 75.2 Å². The number of alkyl carbamates (subject to hydrolysis) is 1. The van der Waals surface area contributed by atoms with Crippen molar-refractivity contribution >= 4 is 56.0 Å². The molecule has 0 spiro atoms. The Labute approximate surface area is 279 Å². The maximum absolute atomic E-state index is 13.1. The first-order chi connectivity index (χ1) is 23.1. The molecule has 1 aliphatic heterocycles. The molecule has 0 atom stereocenters. The summed E-state index contributed by atoms with van der Waals surface area (Å²) < 4.78 is 90.7. The summed E-state index contributed by atoms with van der Waals surface area (Å²) >= 11 is 0. The van der Waals surface area contributed by atoms with Gasteiger partial charge in [-0.05, 0) is 47.2 Å². The standard InChI is InChI=1S/C30H31N3O14S2/c1-16-3-5-19-23(20-7-8-22(31)27(49(41,42)43)25(20)47-24(19)26(16)48(38,39)40)21-15-17(4-6-18(21)29(35)36)28(34)32-9-11-45-13-14-46-12-10-33-30(37)44-2/h3-8,15H,1,9-14,31H2,2H3,(H,32,34)(H,33,37)(H,35,36)(H,38,39,40)(H,41,42,43). The summed E-state index contributed by atoms with van der Waals surface area (Å²) in [7, 11) is -8.97. The fourth-order valence-corrected chi connectivity index (χ4v) is 6.44. The monoisotopic (exact) mass is 721 g/mol. The number of methoxy groups -OCH3 is 1. The zero-order chi connectivity index (χ0) is 36.1. The molecule has 3 aromatic rings. The lowest BCUT2D eigenvalue weighted by Gasteiger charge is -2.25. The average Bonchev–Trinajstić information content (AvgIpc) is 3.02. The minimum Gasteiger partial charge on any atom is -0.478 e. The topological polar surface area (TPSA) is 267 Å². The summed E-state index contributed by atoms with van der Waals surface area (Å²) in [6.07, 6.45) is -0.586. The van der Waals surface area contributed by atoms with E-state index in [0.29, 0.717) is 0 Å². The molecular formula is C30H31N3O14S2. The molecule has 4 rings (SSSR count). The van der Waals surface area contributed by atoms with Crippen LogP contribution in [0.2, 0.25) is 0 Å². The van der Waals surface area contributed by atoms with E-state index in [9.17, 15) is 45.4 Å². The number of nitrogens with two attached hydrogens (primary N) is 1. The number of fused-ring (bicyclic) bond motifs is 2. The number of carboxylic acids is 1. The van der Waals surface area contributed by atoms with E-state index in [-0.39, 0.29) is 77.8 Å². The van der Waals surface area contributed by atoms with Crippen molar-refractivity contribution in [1.82, 2.24) is 10.6 Å². The quantitative estimate of drug-likeness (QED) is 0.0582. The van der Waals surface area contributed by atoms with Gasteiger partial charge in [0.05, 0.1) is 44.8 Å². The summed E-state index contributed by atoms with van der Waals surface area (Å²) in [6.45, 7) is 4.56. The van der Waals surface area contributed by atoms with Crippen LogP contribution in [-0.2, 0) is 34.4 Å². The van der Waals surface area contributed by atoms with Gasteiger partial charge in [0.15, 0.2) is 16.4 Å². The van der Waals surface area contributed by atoms with Gasteiger partial charge in [-0.15, -0.1) is 0 Å². The minimum atomic E-state index is -5.13. The molecule has 3 aromatic carbocycles. The van der Waals surface area contributed by atoms with Crippen LogP contribution in [0.4, 0.5) is 10.5 Å². The Bertz CT molecular complexity index is 2150. The highest BCUT2D eigenvalue weighted by molar-refractivity contribution is 7.86. The molecule has 262 valence electrons. The summed E-state index contributed by atoms with van der Waals surface area (Å²) in [6, 6.07) is 8.43. The van der Waals surface area contributed by atoms with E-state index in [1.165, 1.54) is 37.4 Å². The normalized spacial score (nSPS) is 12.3. The van der Waals surface area contributed by atoms with Crippen LogP contribution in [0.25, 0.3) is 12.2 Å². The summed E-state index contributed by atoms with van der Waals surface area (Å²) in [5.74, 6) is -3.40. The van der Waals surface area contributed by atoms with Crippen molar-refractivity contribution in [2.75, 3.05) is 52.4 Å². The predicted octanol–water partition coefficient (Wildman–Crippen LogP) is 0.343. The molecule has 7 N–H and O–H groups in total. The van der Waals surface area contributed by atoms with E-state index in [0.717, 1.165) is 12.1 Å². The molecule has 1 heterocycles. The largest absolute Gasteiger partial charge is 0.478 e. The van der Waals surface area contributed by atoms with Crippen LogP contribution in [0.15, 0.2) is 52.3 Å². The third-order valence-electron chi connectivity index (χ3n) is 6.98. The van der Waals surface area contributed by atoms with Gasteiger partial charge in [0.25, 0.3) is 26.1 Å². The van der Waals surface area contributed by atoms with Crippen molar-refractivity contribution in [3.8, 4) is 11.5 Å². The molecular weight excluding hydrogens is 690 g/mol. The number of hydrogen-bond donors (Lipinski definition) is 6. The van der Waals surface area contributed by atoms with Gasteiger partial charge in [0, 0.05) is 35.0 Å². The summed E-state index contributed by atoms with van der Waals surface area (Å²) in [5.41, 5.74) is 4.51. The fourth-order valence-electron chi connectivity index (χ4n) is 4.90. The summed E-state index contributed by atoms with van der Waals surface area (Å²) in [5, 5.41) is 14.8. The van der Waals surface area contributed by atoms with E-state index in [2.05, 4.69) is 21.9 Å². The van der Waals surface area contributed by atoms with Crippen molar-refractivity contribution in [1.29, 1.82) is 0 Å². The number of carbonyl (C=O) groups excluding carboxylic acids is 2. The van der Waals surface area contributed by atoms with Crippen LogP contribution in [0.5, 0.6) is 11.5 Å². The Balaban J connectivity index is 1.71. The highest BCUT2D eigenvalue weighted by Gasteiger charge is 2.34. The zero-order valence-corrected chi connectivity index (χ0v) is 27.4. The van der Waals surface area contributed by atoms with Gasteiger partial charge < -0.3 is 40.4 Å². The van der Waals surface area contributed by atoms with Crippen LogP contribution >= 0.6 is 0 Å². The van der Waals surface area contributed by atoms with Gasteiger partial charge >= 0.3 is 12.1 Å². The highest BCUT2D eigenvalue weighted by atomic mass is 32.2. The third kappa shape index (κ3) is 8.34. The lowest BCUT2D eigenvalue weighted by molar-refractivity contribution is 0.0490. The van der Waals surface area contributed by atoms with E-state index < -0.39 is 65.2 Å². The number of carbonyl (C=O) groups is 3. The summed E-state index contributed by atoms with van der Waals surface area (Å²) in [4.78, 5) is 34.8. The number of aromatic carboxylic acids is 1. The fraction of sp³-hybridized carbons (Fsp3) is 0.233. The molecule has 0 aliphatic carbocycles. The Morgan fingerprint density at radius 1 is 0.837 bits per heavy atom. The van der Waals surface area contributed by atoms with E-state index in [1.54, 1.807) is 0 Å². The van der Waals surface area contributed by atoms with Crippen molar-refractivity contribution in [3.63, 3.8) is 0 Å². The first-order valence-electron chi connectivity index (χ1n) is 14.1. The molecule has 0 aromatic heterocycles. The van der Waals surface area contributed by atoms with Crippen LogP contribution in [0.1, 0.15) is 31.8 Å². The number of carboxylic acid groups (broad SMARTS) is 1. The van der Waals surface area contributed by atoms with Gasteiger partial charge in [-0.2, -0.15) is 16.8 Å². The third-order valence-corrected chi connectivity index (χ3v) is 8.88. The maximum atomic E-state index is 13.1. The number of hydrogen-bond acceptors (Lipinski definition) is 12. The molecule has 49 heavy (non-hydrogen) atoms. The van der Waals surface area contributed by atoms with Gasteiger partial charge in [0.1, 0.15) is 4.90 Å². The molecule has 0 unspecified atom stereocenters. The van der Waals surface area contributed by atoms with Gasteiger partial charge in [-0.25, -0.2) is 9.59 Å². The van der Waals surface area contributed by atoms with Crippen LogP contribution in [0.3, 0.4) is 0 Å². The van der Waals surface area contributed by atoms with E-state index >= 15 is 0 Å². The molecule has 0 saturated carbocycles. The SMILES string of the molecule is C=c1ccc2c(c1S(=O)(=O)O)Oc1c(ccc(N)c1S(=O)(=O)O)C=2c1cc(C(=O)NCCOCCOCCNC(=O)OC)ccc1C(=O)O. The average molecular weight is 722 g/mol. The zero-order valence-electron chi connectivity index (χ0n) is 25.7. The molecule has 0 bridgehead atoms. The van der Waals surface area contributed by atoms with Crippen LogP contribution < -0.4 is 31.5 Å². The van der Waals surface area contributed by atoms with Crippen molar-refractivity contribution in [2.24, 2.45) is 0 Å². The molecule has 2 amide bonds. The van der Waals surface area contributed by atoms with Gasteiger partial charge in [-0.1, -0.05) is 12.6 Å². The van der Waals surface area contributed by atoms with Crippen molar-refractivity contribution in [2.45, 2.75) is 9.79 Å². The maximum Gasteiger partial charge on any atom is 0.406 e. The number of benzene rings is 3. The smallest absolute Gasteiger partial charge is 0.406 e. The van der Waals surface area contributed by atoms with Crippen LogP contribution in [-0.4, -0.2) is 95.6 Å².